The van der Waals surface area contributed by atoms with E-state index in [1.54, 1.807) is 36.4 Å². The Kier molecular flexibility index (Phi) is 3.33. The number of phenolic OH excluding ortho intramolecular Hbond substituents is 1. The molecular formula is C13H10N2O3. The first-order valence-corrected chi connectivity index (χ1v) is 5.23. The van der Waals surface area contributed by atoms with Crippen molar-refractivity contribution in [2.24, 2.45) is 5.18 Å². The molecule has 5 heteroatoms. The molecule has 0 aliphatic rings. The van der Waals surface area contributed by atoms with Crippen molar-refractivity contribution in [2.45, 2.75) is 0 Å². The van der Waals surface area contributed by atoms with Crippen molar-refractivity contribution in [3.63, 3.8) is 0 Å². The van der Waals surface area contributed by atoms with Gasteiger partial charge < -0.3 is 10.4 Å². The Morgan fingerprint density at radius 2 is 1.78 bits per heavy atom. The van der Waals surface area contributed by atoms with Crippen molar-refractivity contribution < 1.29 is 9.90 Å². The van der Waals surface area contributed by atoms with E-state index >= 15 is 0 Å². The Balaban J connectivity index is 2.40. The highest BCUT2D eigenvalue weighted by atomic mass is 16.3. The van der Waals surface area contributed by atoms with Gasteiger partial charge in [-0.05, 0) is 29.4 Å². The molecule has 0 saturated carbocycles. The third kappa shape index (κ3) is 2.20. The van der Waals surface area contributed by atoms with E-state index in [2.05, 4.69) is 10.5 Å². The molecule has 90 valence electrons. The van der Waals surface area contributed by atoms with Gasteiger partial charge in [0.05, 0.1) is 5.69 Å². The van der Waals surface area contributed by atoms with Crippen LogP contribution in [0.1, 0.15) is 10.4 Å². The molecule has 0 heterocycles. The molecule has 5 nitrogen and oxygen atoms in total. The molecule has 18 heavy (non-hydrogen) atoms. The first-order chi connectivity index (χ1) is 8.76. The van der Waals surface area contributed by atoms with Crippen LogP contribution in [-0.4, -0.2) is 11.4 Å². The maximum atomic E-state index is 10.9. The molecule has 0 saturated heterocycles. The molecule has 2 aromatic carbocycles. The van der Waals surface area contributed by atoms with Gasteiger partial charge in [-0.2, -0.15) is 0 Å². The summed E-state index contributed by atoms with van der Waals surface area (Å²) in [7, 11) is 0. The normalized spacial score (nSPS) is 9.78. The van der Waals surface area contributed by atoms with Gasteiger partial charge in [0.1, 0.15) is 0 Å². The van der Waals surface area contributed by atoms with E-state index in [1.807, 2.05) is 0 Å². The van der Waals surface area contributed by atoms with Crippen LogP contribution >= 0.6 is 0 Å². The van der Waals surface area contributed by atoms with Crippen molar-refractivity contribution >= 4 is 23.3 Å². The topological polar surface area (TPSA) is 78.8 Å². The average molecular weight is 242 g/mol. The van der Waals surface area contributed by atoms with E-state index in [-0.39, 0.29) is 11.4 Å². The molecule has 0 amide bonds. The Bertz CT molecular complexity index is 597. The summed E-state index contributed by atoms with van der Waals surface area (Å²) in [6.07, 6.45) is 0.710. The number of anilines is 2. The monoisotopic (exact) mass is 242 g/mol. The fourth-order valence-electron chi connectivity index (χ4n) is 1.56. The van der Waals surface area contributed by atoms with Crippen LogP contribution < -0.4 is 5.32 Å². The smallest absolute Gasteiger partial charge is 0.168 e. The minimum absolute atomic E-state index is 0.0522. The summed E-state index contributed by atoms with van der Waals surface area (Å²) >= 11 is 0. The fourth-order valence-corrected chi connectivity index (χ4v) is 1.56. The summed E-state index contributed by atoms with van der Waals surface area (Å²) < 4.78 is 0. The molecule has 0 aromatic heterocycles. The van der Waals surface area contributed by atoms with E-state index in [4.69, 9.17) is 0 Å². The van der Waals surface area contributed by atoms with Crippen LogP contribution in [0.3, 0.4) is 0 Å². The third-order valence-electron chi connectivity index (χ3n) is 2.47. The number of nitroso groups, excluding NO2 is 1. The second kappa shape index (κ2) is 5.09. The lowest BCUT2D eigenvalue weighted by Crippen LogP contribution is -1.95. The highest BCUT2D eigenvalue weighted by Gasteiger charge is 2.08. The van der Waals surface area contributed by atoms with Gasteiger partial charge in [-0.1, -0.05) is 18.2 Å². The molecule has 0 spiro atoms. The molecule has 0 fully saturated rings. The number of nitrogens with one attached hydrogen (secondary N) is 1. The first-order valence-electron chi connectivity index (χ1n) is 5.23. The minimum Gasteiger partial charge on any atom is -0.504 e. The van der Waals surface area contributed by atoms with Crippen LogP contribution in [0.5, 0.6) is 5.75 Å². The third-order valence-corrected chi connectivity index (χ3v) is 2.47. The summed E-state index contributed by atoms with van der Waals surface area (Å²) in [5, 5.41) is 15.4. The van der Waals surface area contributed by atoms with Gasteiger partial charge in [0.15, 0.2) is 17.7 Å². The van der Waals surface area contributed by atoms with Gasteiger partial charge in [0.2, 0.25) is 0 Å². The molecule has 2 rings (SSSR count). The van der Waals surface area contributed by atoms with Crippen molar-refractivity contribution in [3.8, 4) is 5.75 Å². The number of hydrogen-bond acceptors (Lipinski definition) is 5. The SMILES string of the molecule is O=Cc1ccccc1Nc1cccc(N=O)c1O. The van der Waals surface area contributed by atoms with E-state index in [1.165, 1.54) is 6.07 Å². The molecule has 0 aliphatic heterocycles. The fraction of sp³-hybridized carbons (Fsp3) is 0. The van der Waals surface area contributed by atoms with E-state index in [0.29, 0.717) is 23.2 Å². The van der Waals surface area contributed by atoms with Crippen molar-refractivity contribution in [3.05, 3.63) is 52.9 Å². The van der Waals surface area contributed by atoms with Gasteiger partial charge in [-0.3, -0.25) is 4.79 Å². The van der Waals surface area contributed by atoms with Crippen molar-refractivity contribution in [1.29, 1.82) is 0 Å². The lowest BCUT2D eigenvalue weighted by Gasteiger charge is -2.10. The number of carbonyl (C=O) groups is 1. The molecular weight excluding hydrogens is 232 g/mol. The highest BCUT2D eigenvalue weighted by molar-refractivity contribution is 5.87. The number of rotatable bonds is 4. The average Bonchev–Trinajstić information content (AvgIpc) is 2.42. The lowest BCUT2D eigenvalue weighted by molar-refractivity contribution is 0.112. The van der Waals surface area contributed by atoms with Crippen LogP contribution in [0.2, 0.25) is 0 Å². The molecule has 2 N–H and O–H groups in total. The lowest BCUT2D eigenvalue weighted by atomic mass is 10.2. The van der Waals surface area contributed by atoms with Gasteiger partial charge in [0.25, 0.3) is 0 Å². The summed E-state index contributed by atoms with van der Waals surface area (Å²) in [5.41, 5.74) is 1.28. The summed E-state index contributed by atoms with van der Waals surface area (Å²) in [6, 6.07) is 11.4. The van der Waals surface area contributed by atoms with E-state index in [9.17, 15) is 14.8 Å². The van der Waals surface area contributed by atoms with Crippen LogP contribution in [0.25, 0.3) is 0 Å². The number of nitrogens with zero attached hydrogens (tertiary/aromatic N) is 1. The maximum Gasteiger partial charge on any atom is 0.168 e. The Hall–Kier alpha value is -2.69. The van der Waals surface area contributed by atoms with Gasteiger partial charge in [-0.15, -0.1) is 4.91 Å². The van der Waals surface area contributed by atoms with Crippen LogP contribution in [0.15, 0.2) is 47.6 Å². The first kappa shape index (κ1) is 11.8. The Morgan fingerprint density at radius 3 is 2.50 bits per heavy atom. The van der Waals surface area contributed by atoms with E-state index < -0.39 is 0 Å². The second-order valence-electron chi connectivity index (χ2n) is 3.59. The highest BCUT2D eigenvalue weighted by Crippen LogP contribution is 2.35. The molecule has 0 unspecified atom stereocenters. The molecule has 0 atom stereocenters. The van der Waals surface area contributed by atoms with Crippen molar-refractivity contribution in [2.75, 3.05) is 5.32 Å². The molecule has 0 aliphatic carbocycles. The zero-order valence-corrected chi connectivity index (χ0v) is 9.33. The number of benzene rings is 2. The van der Waals surface area contributed by atoms with Crippen LogP contribution in [0, 0.1) is 4.91 Å². The van der Waals surface area contributed by atoms with Gasteiger partial charge in [-0.25, -0.2) is 0 Å². The summed E-state index contributed by atoms with van der Waals surface area (Å²) in [5.74, 6) is -0.242. The maximum absolute atomic E-state index is 10.9. The summed E-state index contributed by atoms with van der Waals surface area (Å²) in [6.45, 7) is 0. The quantitative estimate of drug-likeness (QED) is 0.489. The summed E-state index contributed by atoms with van der Waals surface area (Å²) in [4.78, 5) is 21.3. The molecule has 0 bridgehead atoms. The molecule has 0 radical (unpaired) electrons. The van der Waals surface area contributed by atoms with E-state index in [0.717, 1.165) is 0 Å². The van der Waals surface area contributed by atoms with Gasteiger partial charge >= 0.3 is 0 Å². The zero-order chi connectivity index (χ0) is 13.0. The number of aldehydes is 1. The number of para-hydroxylation sites is 2. The van der Waals surface area contributed by atoms with Crippen molar-refractivity contribution in [1.82, 2.24) is 0 Å². The zero-order valence-electron chi connectivity index (χ0n) is 9.33. The van der Waals surface area contributed by atoms with Crippen LogP contribution in [-0.2, 0) is 0 Å². The van der Waals surface area contributed by atoms with Gasteiger partial charge in [0, 0.05) is 11.3 Å². The number of phenols is 1. The largest absolute Gasteiger partial charge is 0.504 e. The Morgan fingerprint density at radius 1 is 1.06 bits per heavy atom. The predicted octanol–water partition coefficient (Wildman–Crippen LogP) is 3.35. The van der Waals surface area contributed by atoms with Crippen LogP contribution in [0.4, 0.5) is 17.1 Å². The number of carbonyl (C=O) groups excluding carboxylic acids is 1. The second-order valence-corrected chi connectivity index (χ2v) is 3.59. The number of hydrogen-bond donors (Lipinski definition) is 2. The molecule has 2 aromatic rings. The Labute approximate surface area is 103 Å². The minimum atomic E-state index is -0.242. The predicted molar refractivity (Wildman–Crippen MR) is 68.7 cm³/mol. The number of aromatic hydroxyl groups is 1. The standard InChI is InChI=1S/C13H10N2O3/c16-8-9-4-1-2-5-10(9)14-11-6-3-7-12(15-18)13(11)17/h1-8,14,17H.